The van der Waals surface area contributed by atoms with Gasteiger partial charge in [-0.1, -0.05) is 28.9 Å². The van der Waals surface area contributed by atoms with Crippen LogP contribution in [0.15, 0.2) is 41.6 Å². The van der Waals surface area contributed by atoms with E-state index in [-0.39, 0.29) is 5.84 Å². The van der Waals surface area contributed by atoms with Crippen LogP contribution < -0.4 is 10.5 Å². The highest BCUT2D eigenvalue weighted by Crippen LogP contribution is 2.23. The Morgan fingerprint density at radius 2 is 2.22 bits per heavy atom. The van der Waals surface area contributed by atoms with Gasteiger partial charge in [0.1, 0.15) is 12.4 Å². The molecule has 0 aliphatic rings. The first-order chi connectivity index (χ1) is 8.69. The van der Waals surface area contributed by atoms with Gasteiger partial charge >= 0.3 is 0 Å². The van der Waals surface area contributed by atoms with Crippen LogP contribution in [0.4, 0.5) is 0 Å². The van der Waals surface area contributed by atoms with Gasteiger partial charge in [0.05, 0.1) is 4.34 Å². The number of benzene rings is 1. The van der Waals surface area contributed by atoms with Crippen molar-refractivity contribution in [2.75, 3.05) is 0 Å². The van der Waals surface area contributed by atoms with Crippen molar-refractivity contribution in [1.29, 1.82) is 0 Å². The van der Waals surface area contributed by atoms with E-state index in [0.717, 1.165) is 9.21 Å². The molecule has 0 unspecified atom stereocenters. The lowest BCUT2D eigenvalue weighted by molar-refractivity contribution is 0.309. The first-order valence-corrected chi connectivity index (χ1v) is 6.33. The summed E-state index contributed by atoms with van der Waals surface area (Å²) in [7, 11) is 0. The van der Waals surface area contributed by atoms with Crippen LogP contribution in [0.5, 0.6) is 5.75 Å². The van der Waals surface area contributed by atoms with E-state index in [9.17, 15) is 0 Å². The zero-order valence-electron chi connectivity index (χ0n) is 9.34. The third-order valence-electron chi connectivity index (χ3n) is 2.25. The highest BCUT2D eigenvalue weighted by atomic mass is 35.5. The zero-order chi connectivity index (χ0) is 13.0. The van der Waals surface area contributed by atoms with Crippen molar-refractivity contribution in [2.24, 2.45) is 10.9 Å². The summed E-state index contributed by atoms with van der Waals surface area (Å²) >= 11 is 7.30. The minimum absolute atomic E-state index is 0.0552. The van der Waals surface area contributed by atoms with E-state index < -0.39 is 0 Å². The highest BCUT2D eigenvalue weighted by molar-refractivity contribution is 7.16. The largest absolute Gasteiger partial charge is 0.488 e. The molecule has 0 aliphatic carbocycles. The SMILES string of the molecule is N/C(=N\O)c1cccc(OCc2ccc(Cl)s2)c1. The summed E-state index contributed by atoms with van der Waals surface area (Å²) in [5.74, 6) is 0.711. The fourth-order valence-corrected chi connectivity index (χ4v) is 2.39. The molecule has 18 heavy (non-hydrogen) atoms. The molecule has 2 rings (SSSR count). The molecule has 1 aromatic carbocycles. The lowest BCUT2D eigenvalue weighted by Crippen LogP contribution is -2.12. The number of hydrogen-bond acceptors (Lipinski definition) is 4. The fourth-order valence-electron chi connectivity index (χ4n) is 1.39. The summed E-state index contributed by atoms with van der Waals surface area (Å²) in [5.41, 5.74) is 6.11. The first-order valence-electron chi connectivity index (χ1n) is 5.14. The minimum Gasteiger partial charge on any atom is -0.488 e. The number of thiophene rings is 1. The van der Waals surface area contributed by atoms with Gasteiger partial charge in [-0.05, 0) is 24.3 Å². The van der Waals surface area contributed by atoms with Crippen molar-refractivity contribution < 1.29 is 9.94 Å². The minimum atomic E-state index is 0.0552. The molecule has 3 N–H and O–H groups in total. The Morgan fingerprint density at radius 1 is 1.39 bits per heavy atom. The van der Waals surface area contributed by atoms with Crippen molar-refractivity contribution in [1.82, 2.24) is 0 Å². The normalized spacial score (nSPS) is 11.5. The van der Waals surface area contributed by atoms with E-state index in [2.05, 4.69) is 5.16 Å². The zero-order valence-corrected chi connectivity index (χ0v) is 10.9. The van der Waals surface area contributed by atoms with E-state index in [4.69, 9.17) is 27.3 Å². The van der Waals surface area contributed by atoms with Crippen LogP contribution in [-0.2, 0) is 6.61 Å². The topological polar surface area (TPSA) is 67.8 Å². The van der Waals surface area contributed by atoms with Crippen LogP contribution in [0, 0.1) is 0 Å². The predicted octanol–water partition coefficient (Wildman–Crippen LogP) is 3.08. The number of halogens is 1. The second-order valence-corrected chi connectivity index (χ2v) is 5.31. The molecule has 0 bridgehead atoms. The van der Waals surface area contributed by atoms with Crippen LogP contribution in [0.1, 0.15) is 10.4 Å². The maximum Gasteiger partial charge on any atom is 0.170 e. The van der Waals surface area contributed by atoms with Gasteiger partial charge in [0.2, 0.25) is 0 Å². The monoisotopic (exact) mass is 282 g/mol. The Bertz CT molecular complexity index is 569. The van der Waals surface area contributed by atoms with E-state index in [1.54, 1.807) is 18.2 Å². The van der Waals surface area contributed by atoms with Crippen LogP contribution in [-0.4, -0.2) is 11.0 Å². The summed E-state index contributed by atoms with van der Waals surface area (Å²) in [6.45, 7) is 0.441. The first kappa shape index (κ1) is 12.7. The molecule has 4 nitrogen and oxygen atoms in total. The lowest BCUT2D eigenvalue weighted by Gasteiger charge is -2.06. The lowest BCUT2D eigenvalue weighted by atomic mass is 10.2. The molecule has 94 valence electrons. The molecule has 0 amide bonds. The molecular formula is C12H11ClN2O2S. The van der Waals surface area contributed by atoms with Crippen molar-refractivity contribution in [3.63, 3.8) is 0 Å². The van der Waals surface area contributed by atoms with Gasteiger partial charge in [0, 0.05) is 10.4 Å². The number of hydrogen-bond donors (Lipinski definition) is 2. The average molecular weight is 283 g/mol. The smallest absolute Gasteiger partial charge is 0.170 e. The molecule has 0 spiro atoms. The van der Waals surface area contributed by atoms with E-state index >= 15 is 0 Å². The van der Waals surface area contributed by atoms with Crippen LogP contribution in [0.3, 0.4) is 0 Å². The summed E-state index contributed by atoms with van der Waals surface area (Å²) in [6.07, 6.45) is 0. The average Bonchev–Trinajstić information content (AvgIpc) is 2.81. The number of oxime groups is 1. The number of amidine groups is 1. The maximum absolute atomic E-state index is 8.60. The van der Waals surface area contributed by atoms with E-state index in [1.165, 1.54) is 11.3 Å². The predicted molar refractivity (Wildman–Crippen MR) is 72.6 cm³/mol. The molecule has 0 aliphatic heterocycles. The van der Waals surface area contributed by atoms with Gasteiger partial charge in [0.15, 0.2) is 5.84 Å². The molecule has 6 heteroatoms. The molecule has 1 aromatic heterocycles. The van der Waals surface area contributed by atoms with Crippen molar-refractivity contribution in [3.8, 4) is 5.75 Å². The molecule has 0 atom stereocenters. The standard InChI is InChI=1S/C12H11ClN2O2S/c13-11-5-4-10(18-11)7-17-9-3-1-2-8(6-9)12(14)15-16/h1-6,16H,7H2,(H2,14,15). The molecule has 0 fully saturated rings. The highest BCUT2D eigenvalue weighted by Gasteiger charge is 2.03. The van der Waals surface area contributed by atoms with Gasteiger partial charge in [-0.3, -0.25) is 0 Å². The van der Waals surface area contributed by atoms with Gasteiger partial charge in [-0.2, -0.15) is 0 Å². The summed E-state index contributed by atoms with van der Waals surface area (Å²) in [4.78, 5) is 1.04. The maximum atomic E-state index is 8.60. The molecule has 0 saturated carbocycles. The van der Waals surface area contributed by atoms with Gasteiger partial charge in [-0.15, -0.1) is 11.3 Å². The molecule has 0 saturated heterocycles. The molecule has 0 radical (unpaired) electrons. The van der Waals surface area contributed by atoms with Gasteiger partial charge < -0.3 is 15.7 Å². The van der Waals surface area contributed by atoms with Gasteiger partial charge in [0.25, 0.3) is 0 Å². The Balaban J connectivity index is 2.05. The van der Waals surface area contributed by atoms with E-state index in [0.29, 0.717) is 17.9 Å². The quantitative estimate of drug-likeness (QED) is 0.392. The number of ether oxygens (including phenoxy) is 1. The van der Waals surface area contributed by atoms with E-state index in [1.807, 2.05) is 18.2 Å². The summed E-state index contributed by atoms with van der Waals surface area (Å²) in [5, 5.41) is 11.5. The summed E-state index contributed by atoms with van der Waals surface area (Å²) in [6, 6.07) is 10.8. The second kappa shape index (κ2) is 5.75. The van der Waals surface area contributed by atoms with Crippen LogP contribution in [0.25, 0.3) is 0 Å². The molecule has 1 heterocycles. The number of nitrogens with two attached hydrogens (primary N) is 1. The Kier molecular flexibility index (Phi) is 4.07. The van der Waals surface area contributed by atoms with Crippen LogP contribution >= 0.6 is 22.9 Å². The Morgan fingerprint density at radius 3 is 2.89 bits per heavy atom. The van der Waals surface area contributed by atoms with Gasteiger partial charge in [-0.25, -0.2) is 0 Å². The third kappa shape index (κ3) is 3.15. The van der Waals surface area contributed by atoms with Crippen molar-refractivity contribution in [3.05, 3.63) is 51.2 Å². The Hall–Kier alpha value is -1.72. The Labute approximate surface area is 113 Å². The van der Waals surface area contributed by atoms with Crippen LogP contribution in [0.2, 0.25) is 4.34 Å². The molecular weight excluding hydrogens is 272 g/mol. The fraction of sp³-hybridized carbons (Fsp3) is 0.0833. The molecule has 2 aromatic rings. The second-order valence-electron chi connectivity index (χ2n) is 3.51. The number of rotatable bonds is 4. The van der Waals surface area contributed by atoms with Crippen molar-refractivity contribution >= 4 is 28.8 Å². The van der Waals surface area contributed by atoms with Crippen molar-refractivity contribution in [2.45, 2.75) is 6.61 Å². The summed E-state index contributed by atoms with van der Waals surface area (Å²) < 4.78 is 6.34. The third-order valence-corrected chi connectivity index (χ3v) is 3.45. The number of nitrogens with zero attached hydrogens (tertiary/aromatic N) is 1.